The Morgan fingerprint density at radius 2 is 1.96 bits per heavy atom. The van der Waals surface area contributed by atoms with Crippen molar-refractivity contribution in [2.75, 3.05) is 25.5 Å². The van der Waals surface area contributed by atoms with E-state index < -0.39 is 0 Å². The van der Waals surface area contributed by atoms with Crippen molar-refractivity contribution < 1.29 is 9.53 Å². The van der Waals surface area contributed by atoms with E-state index in [2.05, 4.69) is 17.5 Å². The highest BCUT2D eigenvalue weighted by atomic mass is 35.5. The van der Waals surface area contributed by atoms with E-state index in [1.165, 1.54) is 0 Å². The molecule has 0 unspecified atom stereocenters. The molecule has 2 aromatic carbocycles. The fourth-order valence-corrected chi connectivity index (χ4v) is 4.41. The fraction of sp³-hybridized carbons (Fsp3) is 0.364. The molecule has 0 saturated carbocycles. The summed E-state index contributed by atoms with van der Waals surface area (Å²) in [5.41, 5.74) is 2.79. The molecule has 0 bridgehead atoms. The Kier molecular flexibility index (Phi) is 7.38. The molecule has 1 N–H and O–H groups in total. The van der Waals surface area contributed by atoms with E-state index >= 15 is 0 Å². The quantitative estimate of drug-likeness (QED) is 0.733. The summed E-state index contributed by atoms with van der Waals surface area (Å²) < 4.78 is 5.54. The van der Waals surface area contributed by atoms with Crippen molar-refractivity contribution >= 4 is 29.3 Å². The number of nitriles is 1. The van der Waals surface area contributed by atoms with Gasteiger partial charge in [0.05, 0.1) is 17.4 Å². The number of thioether (sulfide) groups is 1. The van der Waals surface area contributed by atoms with Crippen molar-refractivity contribution in [3.63, 3.8) is 0 Å². The summed E-state index contributed by atoms with van der Waals surface area (Å²) in [6.07, 6.45) is 1.73. The number of rotatable bonds is 7. The number of carbonyl (C=O) groups excluding carboxylic acids is 1. The highest BCUT2D eigenvalue weighted by molar-refractivity contribution is 7.99. The van der Waals surface area contributed by atoms with Gasteiger partial charge in [-0.15, -0.1) is 11.8 Å². The highest BCUT2D eigenvalue weighted by Crippen LogP contribution is 2.35. The van der Waals surface area contributed by atoms with E-state index in [4.69, 9.17) is 21.6 Å². The lowest BCUT2D eigenvalue weighted by molar-refractivity contribution is -0.119. The molecular formula is C22H23ClN2O2S. The van der Waals surface area contributed by atoms with Gasteiger partial charge < -0.3 is 10.1 Å². The minimum absolute atomic E-state index is 0.0338. The van der Waals surface area contributed by atoms with Gasteiger partial charge in [0.25, 0.3) is 0 Å². The molecular weight excluding hydrogens is 392 g/mol. The van der Waals surface area contributed by atoms with Crippen molar-refractivity contribution in [2.24, 2.45) is 0 Å². The average Bonchev–Trinajstić information content (AvgIpc) is 2.73. The van der Waals surface area contributed by atoms with Gasteiger partial charge in [-0.1, -0.05) is 35.9 Å². The van der Waals surface area contributed by atoms with Gasteiger partial charge in [-0.05, 0) is 48.2 Å². The Bertz CT molecular complexity index is 842. The first kappa shape index (κ1) is 20.7. The van der Waals surface area contributed by atoms with Gasteiger partial charge in [-0.2, -0.15) is 5.26 Å². The topological polar surface area (TPSA) is 62.1 Å². The van der Waals surface area contributed by atoms with Crippen LogP contribution in [-0.2, 0) is 20.7 Å². The van der Waals surface area contributed by atoms with Gasteiger partial charge in [0, 0.05) is 35.9 Å². The van der Waals surface area contributed by atoms with Crippen molar-refractivity contribution in [1.82, 2.24) is 5.32 Å². The van der Waals surface area contributed by atoms with Crippen LogP contribution >= 0.6 is 23.4 Å². The predicted molar refractivity (Wildman–Crippen MR) is 114 cm³/mol. The number of halogens is 1. The Hall–Kier alpha value is -2.00. The first-order chi connectivity index (χ1) is 13.6. The fourth-order valence-electron chi connectivity index (χ4n) is 3.40. The van der Waals surface area contributed by atoms with Gasteiger partial charge in [0.15, 0.2) is 0 Å². The minimum Gasteiger partial charge on any atom is -0.381 e. The summed E-state index contributed by atoms with van der Waals surface area (Å²) in [6.45, 7) is 1.97. The Morgan fingerprint density at radius 3 is 2.64 bits per heavy atom. The smallest absolute Gasteiger partial charge is 0.230 e. The summed E-state index contributed by atoms with van der Waals surface area (Å²) in [4.78, 5) is 12.4. The molecule has 1 fully saturated rings. The van der Waals surface area contributed by atoms with Crippen molar-refractivity contribution in [2.45, 2.75) is 24.0 Å². The van der Waals surface area contributed by atoms with Crippen LogP contribution < -0.4 is 5.32 Å². The van der Waals surface area contributed by atoms with Crippen LogP contribution in [0.2, 0.25) is 5.02 Å². The molecule has 3 rings (SSSR count). The maximum Gasteiger partial charge on any atom is 0.230 e. The normalized spacial score (nSPS) is 15.6. The molecule has 1 heterocycles. The summed E-state index contributed by atoms with van der Waals surface area (Å²) in [6, 6.07) is 17.5. The number of benzene rings is 2. The number of hydrogen-bond donors (Lipinski definition) is 1. The Balaban J connectivity index is 1.53. The van der Waals surface area contributed by atoms with Gasteiger partial charge in [0.1, 0.15) is 0 Å². The van der Waals surface area contributed by atoms with E-state index in [0.29, 0.717) is 36.1 Å². The minimum atomic E-state index is -0.128. The second-order valence-corrected chi connectivity index (χ2v) is 8.40. The number of hydrogen-bond acceptors (Lipinski definition) is 4. The lowest BCUT2D eigenvalue weighted by Gasteiger charge is -2.38. The zero-order chi connectivity index (χ0) is 19.8. The molecule has 0 atom stereocenters. The van der Waals surface area contributed by atoms with Gasteiger partial charge >= 0.3 is 0 Å². The molecule has 0 aliphatic carbocycles. The second-order valence-electron chi connectivity index (χ2n) is 6.98. The first-order valence-electron chi connectivity index (χ1n) is 9.29. The van der Waals surface area contributed by atoms with Gasteiger partial charge in [-0.3, -0.25) is 4.79 Å². The maximum absolute atomic E-state index is 12.4. The molecule has 28 heavy (non-hydrogen) atoms. The summed E-state index contributed by atoms with van der Waals surface area (Å²) >= 11 is 7.77. The van der Waals surface area contributed by atoms with Crippen LogP contribution in [0.25, 0.3) is 0 Å². The number of amides is 1. The monoisotopic (exact) mass is 414 g/mol. The average molecular weight is 415 g/mol. The third-order valence-electron chi connectivity index (χ3n) is 5.10. The molecule has 0 spiro atoms. The third kappa shape index (κ3) is 5.51. The van der Waals surface area contributed by atoms with Crippen molar-refractivity contribution in [3.05, 3.63) is 70.2 Å². The van der Waals surface area contributed by atoms with Crippen molar-refractivity contribution in [1.29, 1.82) is 5.26 Å². The third-order valence-corrected chi connectivity index (χ3v) is 6.33. The van der Waals surface area contributed by atoms with E-state index in [1.807, 2.05) is 30.3 Å². The maximum atomic E-state index is 12.4. The molecule has 1 aliphatic rings. The second kappa shape index (κ2) is 9.97. The van der Waals surface area contributed by atoms with E-state index in [-0.39, 0.29) is 11.3 Å². The van der Waals surface area contributed by atoms with Gasteiger partial charge in [0.2, 0.25) is 5.91 Å². The van der Waals surface area contributed by atoms with Crippen LogP contribution in [0.5, 0.6) is 0 Å². The van der Waals surface area contributed by atoms with Gasteiger partial charge in [-0.25, -0.2) is 0 Å². The number of nitrogens with zero attached hydrogens (tertiary/aromatic N) is 1. The predicted octanol–water partition coefficient (Wildman–Crippen LogP) is 4.31. The molecule has 1 aliphatic heterocycles. The zero-order valence-corrected chi connectivity index (χ0v) is 17.2. The largest absolute Gasteiger partial charge is 0.381 e. The SMILES string of the molecule is N#Cc1ccc(CSCC(=O)NCC2(c3cccc(Cl)c3)CCOCC2)cc1. The lowest BCUT2D eigenvalue weighted by atomic mass is 9.74. The zero-order valence-electron chi connectivity index (χ0n) is 15.6. The molecule has 1 saturated heterocycles. The number of ether oxygens (including phenoxy) is 1. The van der Waals surface area contributed by atoms with Crippen LogP contribution in [0.1, 0.15) is 29.5 Å². The standard InChI is InChI=1S/C22H23ClN2O2S/c23-20-3-1-2-19(12-20)22(8-10-27-11-9-22)16-25-21(26)15-28-14-18-6-4-17(13-24)5-7-18/h1-7,12H,8-11,14-16H2,(H,25,26). The van der Waals surface area contributed by atoms with E-state index in [0.717, 1.165) is 29.7 Å². The number of nitrogens with one attached hydrogen (secondary N) is 1. The molecule has 146 valence electrons. The van der Waals surface area contributed by atoms with Crippen LogP contribution in [-0.4, -0.2) is 31.4 Å². The van der Waals surface area contributed by atoms with Crippen LogP contribution in [0.4, 0.5) is 0 Å². The molecule has 1 amide bonds. The van der Waals surface area contributed by atoms with Crippen LogP contribution in [0, 0.1) is 11.3 Å². The summed E-state index contributed by atoms with van der Waals surface area (Å²) in [5, 5.41) is 12.7. The molecule has 0 radical (unpaired) electrons. The van der Waals surface area contributed by atoms with E-state index in [9.17, 15) is 4.79 Å². The molecule has 2 aromatic rings. The Labute approximate surface area is 175 Å². The lowest BCUT2D eigenvalue weighted by Crippen LogP contribution is -2.45. The summed E-state index contributed by atoms with van der Waals surface area (Å²) in [7, 11) is 0. The van der Waals surface area contributed by atoms with E-state index in [1.54, 1.807) is 23.9 Å². The molecule has 4 nitrogen and oxygen atoms in total. The van der Waals surface area contributed by atoms with Crippen molar-refractivity contribution in [3.8, 4) is 6.07 Å². The Morgan fingerprint density at radius 1 is 1.21 bits per heavy atom. The van der Waals surface area contributed by atoms with Crippen LogP contribution in [0.3, 0.4) is 0 Å². The number of carbonyl (C=O) groups is 1. The van der Waals surface area contributed by atoms with Crippen LogP contribution in [0.15, 0.2) is 48.5 Å². The molecule has 6 heteroatoms. The first-order valence-corrected chi connectivity index (χ1v) is 10.8. The highest BCUT2D eigenvalue weighted by Gasteiger charge is 2.35. The summed E-state index contributed by atoms with van der Waals surface area (Å²) in [5.74, 6) is 1.18. The molecule has 0 aromatic heterocycles.